The Labute approximate surface area is 119 Å². The third kappa shape index (κ3) is 3.48. The van der Waals surface area contributed by atoms with Crippen LogP contribution in [0.25, 0.3) is 0 Å². The molecule has 0 spiro atoms. The van der Waals surface area contributed by atoms with E-state index in [9.17, 15) is 0 Å². The number of halogens is 1. The van der Waals surface area contributed by atoms with Gasteiger partial charge in [-0.05, 0) is 59.9 Å². The van der Waals surface area contributed by atoms with Gasteiger partial charge in [0.25, 0.3) is 0 Å². The summed E-state index contributed by atoms with van der Waals surface area (Å²) in [6.45, 7) is 4.37. The summed E-state index contributed by atoms with van der Waals surface area (Å²) in [4.78, 5) is 2.58. The minimum atomic E-state index is 0.781. The second-order valence-corrected chi connectivity index (χ2v) is 5.95. The Morgan fingerprint density at radius 3 is 2.72 bits per heavy atom. The highest BCUT2D eigenvalue weighted by molar-refractivity contribution is 9.10. The highest BCUT2D eigenvalue weighted by Gasteiger charge is 2.29. The molecule has 0 radical (unpaired) electrons. The van der Waals surface area contributed by atoms with Crippen molar-refractivity contribution in [2.24, 2.45) is 0 Å². The molecule has 0 aliphatic heterocycles. The number of rotatable bonds is 7. The maximum absolute atomic E-state index is 3.74. The van der Waals surface area contributed by atoms with Gasteiger partial charge >= 0.3 is 0 Å². The second-order valence-electron chi connectivity index (χ2n) is 5.09. The molecule has 0 bridgehead atoms. The van der Waals surface area contributed by atoms with Crippen molar-refractivity contribution in [2.75, 3.05) is 18.5 Å². The van der Waals surface area contributed by atoms with E-state index in [-0.39, 0.29) is 0 Å². The van der Waals surface area contributed by atoms with Gasteiger partial charge in [0.1, 0.15) is 0 Å². The molecule has 18 heavy (non-hydrogen) atoms. The van der Waals surface area contributed by atoms with Crippen molar-refractivity contribution in [1.29, 1.82) is 0 Å². The van der Waals surface area contributed by atoms with E-state index in [1.165, 1.54) is 48.0 Å². The Morgan fingerprint density at radius 1 is 1.39 bits per heavy atom. The van der Waals surface area contributed by atoms with Gasteiger partial charge in [-0.2, -0.15) is 0 Å². The third-order valence-electron chi connectivity index (χ3n) is 3.44. The Bertz CT molecular complexity index is 388. The Balaban J connectivity index is 2.13. The number of anilines is 1. The molecule has 1 fully saturated rings. The number of nitrogens with zero attached hydrogens (tertiary/aromatic N) is 1. The van der Waals surface area contributed by atoms with Gasteiger partial charge < -0.3 is 10.2 Å². The summed E-state index contributed by atoms with van der Waals surface area (Å²) in [5, 5.41) is 3.19. The summed E-state index contributed by atoms with van der Waals surface area (Å²) in [7, 11) is 1.99. The van der Waals surface area contributed by atoms with Crippen LogP contribution in [0.4, 0.5) is 5.69 Å². The molecule has 100 valence electrons. The summed E-state index contributed by atoms with van der Waals surface area (Å²) in [5.41, 5.74) is 2.70. The smallest absolute Gasteiger partial charge is 0.0513 e. The van der Waals surface area contributed by atoms with Crippen LogP contribution in [0.15, 0.2) is 22.7 Å². The first-order valence-corrected chi connectivity index (χ1v) is 7.75. The van der Waals surface area contributed by atoms with Crippen molar-refractivity contribution in [3.8, 4) is 0 Å². The molecule has 1 saturated carbocycles. The van der Waals surface area contributed by atoms with Crippen LogP contribution in [0.1, 0.15) is 38.2 Å². The summed E-state index contributed by atoms with van der Waals surface area (Å²) in [6, 6.07) is 7.53. The lowest BCUT2D eigenvalue weighted by Crippen LogP contribution is -2.27. The molecule has 0 heterocycles. The first-order chi connectivity index (χ1) is 8.76. The maximum atomic E-state index is 3.74. The molecular formula is C15H23BrN2. The van der Waals surface area contributed by atoms with Gasteiger partial charge in [-0.3, -0.25) is 0 Å². The zero-order valence-electron chi connectivity index (χ0n) is 11.4. The van der Waals surface area contributed by atoms with Crippen molar-refractivity contribution in [1.82, 2.24) is 5.32 Å². The fourth-order valence-corrected chi connectivity index (χ4v) is 2.97. The zero-order valence-corrected chi connectivity index (χ0v) is 13.0. The zero-order chi connectivity index (χ0) is 13.0. The Kier molecular flexibility index (Phi) is 5.07. The predicted molar refractivity (Wildman–Crippen MR) is 82.2 cm³/mol. The molecule has 3 heteroatoms. The number of nitrogens with one attached hydrogen (secondary N) is 1. The summed E-state index contributed by atoms with van der Waals surface area (Å²) < 4.78 is 1.23. The van der Waals surface area contributed by atoms with E-state index in [4.69, 9.17) is 0 Å². The fourth-order valence-electron chi connectivity index (χ4n) is 2.31. The van der Waals surface area contributed by atoms with E-state index in [1.54, 1.807) is 0 Å². The molecule has 0 atom stereocenters. The number of hydrogen-bond donors (Lipinski definition) is 1. The van der Waals surface area contributed by atoms with Crippen LogP contribution in [0, 0.1) is 0 Å². The highest BCUT2D eigenvalue weighted by atomic mass is 79.9. The quantitative estimate of drug-likeness (QED) is 0.820. The molecule has 1 N–H and O–H groups in total. The summed E-state index contributed by atoms with van der Waals surface area (Å²) >= 11 is 3.74. The van der Waals surface area contributed by atoms with Gasteiger partial charge in [0.05, 0.1) is 5.69 Å². The average Bonchev–Trinajstić information content (AvgIpc) is 3.17. The normalized spacial score (nSPS) is 14.8. The van der Waals surface area contributed by atoms with Crippen molar-refractivity contribution in [2.45, 2.75) is 45.2 Å². The average molecular weight is 311 g/mol. The largest absolute Gasteiger partial charge is 0.368 e. The second kappa shape index (κ2) is 6.58. The minimum absolute atomic E-state index is 0.781. The predicted octanol–water partition coefficient (Wildman–Crippen LogP) is 3.94. The standard InChI is InChI=1S/C15H23BrN2/c1-3-4-9-18(13-6-7-13)15-8-5-12(11-17-2)10-14(15)16/h5,8,10,13,17H,3-4,6-7,9,11H2,1-2H3. The van der Waals surface area contributed by atoms with Crippen LogP contribution in [-0.2, 0) is 6.54 Å². The van der Waals surface area contributed by atoms with Crippen LogP contribution in [0.5, 0.6) is 0 Å². The van der Waals surface area contributed by atoms with E-state index in [2.05, 4.69) is 51.3 Å². The lowest BCUT2D eigenvalue weighted by Gasteiger charge is -2.26. The van der Waals surface area contributed by atoms with Gasteiger partial charge in [-0.1, -0.05) is 19.4 Å². The van der Waals surface area contributed by atoms with Crippen molar-refractivity contribution >= 4 is 21.6 Å². The molecule has 1 aliphatic carbocycles. The number of hydrogen-bond acceptors (Lipinski definition) is 2. The third-order valence-corrected chi connectivity index (χ3v) is 4.08. The van der Waals surface area contributed by atoms with Crippen molar-refractivity contribution < 1.29 is 0 Å². The molecule has 0 amide bonds. The Hall–Kier alpha value is -0.540. The van der Waals surface area contributed by atoms with Gasteiger partial charge in [-0.25, -0.2) is 0 Å². The molecule has 0 aromatic heterocycles. The van der Waals surface area contributed by atoms with Gasteiger partial charge in [-0.15, -0.1) is 0 Å². The van der Waals surface area contributed by atoms with E-state index in [0.717, 1.165) is 12.6 Å². The molecule has 1 aromatic rings. The van der Waals surface area contributed by atoms with E-state index in [1.807, 2.05) is 7.05 Å². The van der Waals surface area contributed by atoms with E-state index >= 15 is 0 Å². The van der Waals surface area contributed by atoms with Gasteiger partial charge in [0.2, 0.25) is 0 Å². The van der Waals surface area contributed by atoms with Crippen molar-refractivity contribution in [3.63, 3.8) is 0 Å². The Morgan fingerprint density at radius 2 is 2.17 bits per heavy atom. The molecule has 1 aliphatic rings. The van der Waals surface area contributed by atoms with Gasteiger partial charge in [0, 0.05) is 23.6 Å². The van der Waals surface area contributed by atoms with Crippen LogP contribution >= 0.6 is 15.9 Å². The lowest BCUT2D eigenvalue weighted by atomic mass is 10.2. The first-order valence-electron chi connectivity index (χ1n) is 6.96. The molecule has 2 rings (SSSR count). The van der Waals surface area contributed by atoms with E-state index in [0.29, 0.717) is 0 Å². The van der Waals surface area contributed by atoms with Crippen molar-refractivity contribution in [3.05, 3.63) is 28.2 Å². The lowest BCUT2D eigenvalue weighted by molar-refractivity contribution is 0.711. The fraction of sp³-hybridized carbons (Fsp3) is 0.600. The summed E-state index contributed by atoms with van der Waals surface area (Å²) in [6.07, 6.45) is 5.25. The molecule has 2 nitrogen and oxygen atoms in total. The molecule has 0 saturated heterocycles. The topological polar surface area (TPSA) is 15.3 Å². The molecule has 0 unspecified atom stereocenters. The minimum Gasteiger partial charge on any atom is -0.368 e. The van der Waals surface area contributed by atoms with Crippen LogP contribution < -0.4 is 10.2 Å². The molecule has 1 aromatic carbocycles. The number of unbranched alkanes of at least 4 members (excludes halogenated alkanes) is 1. The SMILES string of the molecule is CCCCN(c1ccc(CNC)cc1Br)C1CC1. The van der Waals surface area contributed by atoms with Crippen LogP contribution in [0.2, 0.25) is 0 Å². The maximum Gasteiger partial charge on any atom is 0.0513 e. The van der Waals surface area contributed by atoms with Crippen LogP contribution in [0.3, 0.4) is 0 Å². The number of benzene rings is 1. The summed E-state index contributed by atoms with van der Waals surface area (Å²) in [5.74, 6) is 0. The van der Waals surface area contributed by atoms with Crippen LogP contribution in [-0.4, -0.2) is 19.6 Å². The monoisotopic (exact) mass is 310 g/mol. The highest BCUT2D eigenvalue weighted by Crippen LogP contribution is 2.36. The first kappa shape index (κ1) is 13.9. The molecular weight excluding hydrogens is 288 g/mol. The van der Waals surface area contributed by atoms with Gasteiger partial charge in [0.15, 0.2) is 0 Å². The van der Waals surface area contributed by atoms with E-state index < -0.39 is 0 Å².